The Balaban J connectivity index is 1.75. The maximum atomic E-state index is 11.8. The van der Waals surface area contributed by atoms with E-state index < -0.39 is 0 Å². The lowest BCUT2D eigenvalue weighted by Crippen LogP contribution is -2.37. The van der Waals surface area contributed by atoms with E-state index in [1.54, 1.807) is 0 Å². The van der Waals surface area contributed by atoms with Crippen LogP contribution in [0, 0.1) is 5.92 Å². The Labute approximate surface area is 112 Å². The predicted octanol–water partition coefficient (Wildman–Crippen LogP) is 1.93. The Morgan fingerprint density at radius 1 is 1.42 bits per heavy atom. The van der Waals surface area contributed by atoms with Gasteiger partial charge in [-0.15, -0.1) is 0 Å². The van der Waals surface area contributed by atoms with E-state index in [9.17, 15) is 4.79 Å². The highest BCUT2D eigenvalue weighted by Gasteiger charge is 2.32. The second-order valence-corrected chi connectivity index (χ2v) is 5.13. The lowest BCUT2D eigenvalue weighted by Gasteiger charge is -2.24. The molecule has 1 N–H and O–H groups in total. The summed E-state index contributed by atoms with van der Waals surface area (Å²) >= 11 is 0. The third-order valence-electron chi connectivity index (χ3n) is 3.68. The molecular weight excluding hydrogens is 240 g/mol. The van der Waals surface area contributed by atoms with Crippen LogP contribution >= 0.6 is 0 Å². The number of hydrogen-bond donors (Lipinski definition) is 1. The van der Waals surface area contributed by atoms with E-state index in [1.807, 2.05) is 18.2 Å². The van der Waals surface area contributed by atoms with Gasteiger partial charge >= 0.3 is 0 Å². The SMILES string of the molecule is CCCC1N=C(C2COc3ccccc3C2)NC1=O. The second kappa shape index (κ2) is 5.03. The Morgan fingerprint density at radius 3 is 3.11 bits per heavy atom. The molecule has 2 heterocycles. The minimum atomic E-state index is -0.197. The number of carbonyl (C=O) groups excluding carboxylic acids is 1. The van der Waals surface area contributed by atoms with Gasteiger partial charge in [0.2, 0.25) is 5.91 Å². The third-order valence-corrected chi connectivity index (χ3v) is 3.68. The Morgan fingerprint density at radius 2 is 2.26 bits per heavy atom. The van der Waals surface area contributed by atoms with Crippen molar-refractivity contribution >= 4 is 11.7 Å². The molecule has 3 rings (SSSR count). The van der Waals surface area contributed by atoms with Gasteiger partial charge in [-0.2, -0.15) is 0 Å². The molecule has 2 aliphatic heterocycles. The number of nitrogens with one attached hydrogen (secondary N) is 1. The van der Waals surface area contributed by atoms with E-state index >= 15 is 0 Å². The highest BCUT2D eigenvalue weighted by Crippen LogP contribution is 2.28. The third kappa shape index (κ3) is 2.35. The molecule has 1 aromatic rings. The van der Waals surface area contributed by atoms with Gasteiger partial charge in [-0.3, -0.25) is 9.79 Å². The molecule has 100 valence electrons. The van der Waals surface area contributed by atoms with Crippen LogP contribution in [0.1, 0.15) is 25.3 Å². The zero-order valence-corrected chi connectivity index (χ0v) is 11.1. The van der Waals surface area contributed by atoms with Crippen molar-refractivity contribution in [2.24, 2.45) is 10.9 Å². The summed E-state index contributed by atoms with van der Waals surface area (Å²) in [6.07, 6.45) is 2.67. The molecule has 0 radical (unpaired) electrons. The molecule has 0 aliphatic carbocycles. The van der Waals surface area contributed by atoms with Crippen molar-refractivity contribution in [1.29, 1.82) is 0 Å². The van der Waals surface area contributed by atoms with Crippen LogP contribution in [0.3, 0.4) is 0 Å². The molecule has 4 nitrogen and oxygen atoms in total. The van der Waals surface area contributed by atoms with Crippen LogP contribution in [0.5, 0.6) is 5.75 Å². The quantitative estimate of drug-likeness (QED) is 0.900. The highest BCUT2D eigenvalue weighted by molar-refractivity contribution is 6.06. The number of amidine groups is 1. The number of rotatable bonds is 3. The zero-order chi connectivity index (χ0) is 13.2. The molecular formula is C15H18N2O2. The molecule has 1 aromatic carbocycles. The van der Waals surface area contributed by atoms with Gasteiger partial charge in [0.15, 0.2) is 0 Å². The van der Waals surface area contributed by atoms with Crippen molar-refractivity contribution in [3.8, 4) is 5.75 Å². The molecule has 0 aromatic heterocycles. The molecule has 0 bridgehead atoms. The lowest BCUT2D eigenvalue weighted by atomic mass is 9.96. The molecule has 2 aliphatic rings. The van der Waals surface area contributed by atoms with Crippen molar-refractivity contribution < 1.29 is 9.53 Å². The van der Waals surface area contributed by atoms with Crippen LogP contribution in [0.15, 0.2) is 29.3 Å². The number of carbonyl (C=O) groups is 1. The van der Waals surface area contributed by atoms with Crippen molar-refractivity contribution in [1.82, 2.24) is 5.32 Å². The van der Waals surface area contributed by atoms with Crippen LogP contribution < -0.4 is 10.1 Å². The van der Waals surface area contributed by atoms with E-state index in [2.05, 4.69) is 23.3 Å². The van der Waals surface area contributed by atoms with E-state index in [1.165, 1.54) is 5.56 Å². The van der Waals surface area contributed by atoms with Gasteiger partial charge in [0.25, 0.3) is 0 Å². The van der Waals surface area contributed by atoms with Crippen LogP contribution in [0.2, 0.25) is 0 Å². The van der Waals surface area contributed by atoms with Crippen molar-refractivity contribution in [2.75, 3.05) is 6.61 Å². The highest BCUT2D eigenvalue weighted by atomic mass is 16.5. The van der Waals surface area contributed by atoms with Gasteiger partial charge in [-0.25, -0.2) is 0 Å². The zero-order valence-electron chi connectivity index (χ0n) is 11.1. The molecule has 0 saturated heterocycles. The fraction of sp³-hybridized carbons (Fsp3) is 0.467. The fourth-order valence-corrected chi connectivity index (χ4v) is 2.65. The van der Waals surface area contributed by atoms with Gasteiger partial charge in [-0.1, -0.05) is 31.5 Å². The molecule has 0 fully saturated rings. The molecule has 0 spiro atoms. The number of nitrogens with zero attached hydrogens (tertiary/aromatic N) is 1. The second-order valence-electron chi connectivity index (χ2n) is 5.13. The number of aliphatic imine (C=N–C) groups is 1. The first-order chi connectivity index (χ1) is 9.28. The van der Waals surface area contributed by atoms with Crippen LogP contribution in [0.25, 0.3) is 0 Å². The van der Waals surface area contributed by atoms with E-state index in [4.69, 9.17) is 4.74 Å². The van der Waals surface area contributed by atoms with E-state index in [0.29, 0.717) is 6.61 Å². The number of benzene rings is 1. The monoisotopic (exact) mass is 258 g/mol. The Bertz CT molecular complexity index is 525. The van der Waals surface area contributed by atoms with Crippen LogP contribution in [-0.4, -0.2) is 24.4 Å². The summed E-state index contributed by atoms with van der Waals surface area (Å²) < 4.78 is 5.75. The molecule has 2 atom stereocenters. The standard InChI is InChI=1S/C15H18N2O2/c1-2-5-12-15(18)17-14(16-12)11-8-10-6-3-4-7-13(10)19-9-11/h3-4,6-7,11-12H,2,5,8-9H2,1H3,(H,16,17,18). The minimum Gasteiger partial charge on any atom is -0.493 e. The number of fused-ring (bicyclic) bond motifs is 1. The van der Waals surface area contributed by atoms with Crippen LogP contribution in [0.4, 0.5) is 0 Å². The first-order valence-electron chi connectivity index (χ1n) is 6.87. The summed E-state index contributed by atoms with van der Waals surface area (Å²) in [6.45, 7) is 2.66. The molecule has 0 saturated carbocycles. The molecule has 2 unspecified atom stereocenters. The lowest BCUT2D eigenvalue weighted by molar-refractivity contribution is -0.120. The predicted molar refractivity (Wildman–Crippen MR) is 73.4 cm³/mol. The minimum absolute atomic E-state index is 0.0377. The topological polar surface area (TPSA) is 50.7 Å². The van der Waals surface area contributed by atoms with Gasteiger partial charge < -0.3 is 10.1 Å². The van der Waals surface area contributed by atoms with Crippen molar-refractivity contribution in [3.63, 3.8) is 0 Å². The summed E-state index contributed by atoms with van der Waals surface area (Å²) in [5.74, 6) is 1.96. The largest absolute Gasteiger partial charge is 0.493 e. The molecule has 4 heteroatoms. The van der Waals surface area contributed by atoms with E-state index in [0.717, 1.165) is 30.8 Å². The summed E-state index contributed by atoms with van der Waals surface area (Å²) in [5.41, 5.74) is 1.19. The summed E-state index contributed by atoms with van der Waals surface area (Å²) in [6, 6.07) is 7.85. The van der Waals surface area contributed by atoms with Gasteiger partial charge in [0, 0.05) is 0 Å². The fourth-order valence-electron chi connectivity index (χ4n) is 2.65. The summed E-state index contributed by atoms with van der Waals surface area (Å²) in [4.78, 5) is 16.3. The average Bonchev–Trinajstić information content (AvgIpc) is 2.80. The number of amides is 1. The maximum absolute atomic E-state index is 11.8. The van der Waals surface area contributed by atoms with Crippen molar-refractivity contribution in [3.05, 3.63) is 29.8 Å². The summed E-state index contributed by atoms with van der Waals surface area (Å²) in [7, 11) is 0. The maximum Gasteiger partial charge on any atom is 0.250 e. The smallest absolute Gasteiger partial charge is 0.250 e. The van der Waals surface area contributed by atoms with Gasteiger partial charge in [-0.05, 0) is 24.5 Å². The van der Waals surface area contributed by atoms with Crippen LogP contribution in [-0.2, 0) is 11.2 Å². The first-order valence-corrected chi connectivity index (χ1v) is 6.87. The van der Waals surface area contributed by atoms with E-state index in [-0.39, 0.29) is 17.9 Å². The summed E-state index contributed by atoms with van der Waals surface area (Å²) in [5, 5.41) is 2.92. The molecule has 1 amide bonds. The Hall–Kier alpha value is -1.84. The number of ether oxygens (including phenoxy) is 1. The average molecular weight is 258 g/mol. The molecule has 19 heavy (non-hydrogen) atoms. The first kappa shape index (κ1) is 12.2. The normalized spacial score (nSPS) is 25.3. The number of hydrogen-bond acceptors (Lipinski definition) is 3. The number of para-hydroxylation sites is 1. The van der Waals surface area contributed by atoms with Crippen molar-refractivity contribution in [2.45, 2.75) is 32.2 Å². The van der Waals surface area contributed by atoms with Gasteiger partial charge in [0.05, 0.1) is 12.5 Å². The van der Waals surface area contributed by atoms with Gasteiger partial charge in [0.1, 0.15) is 17.6 Å². The Kier molecular flexibility index (Phi) is 3.23.